The fourth-order valence-electron chi connectivity index (χ4n) is 1.53. The molecule has 1 aromatic heterocycles. The quantitative estimate of drug-likeness (QED) is 0.734. The van der Waals surface area contributed by atoms with Gasteiger partial charge in [0.15, 0.2) is 8.68 Å². The van der Waals surface area contributed by atoms with Crippen LogP contribution >= 0.6 is 34.9 Å². The van der Waals surface area contributed by atoms with Gasteiger partial charge in [0.05, 0.1) is 5.75 Å². The highest BCUT2D eigenvalue weighted by Crippen LogP contribution is 2.29. The number of thioether (sulfide) groups is 2. The molecule has 0 radical (unpaired) electrons. The maximum Gasteiger partial charge on any atom is 0.230 e. The summed E-state index contributed by atoms with van der Waals surface area (Å²) in [5, 5.41) is 11.2. The molecule has 4 nitrogen and oxygen atoms in total. The zero-order valence-electron chi connectivity index (χ0n) is 12.6. The second-order valence-electron chi connectivity index (χ2n) is 5.09. The van der Waals surface area contributed by atoms with Gasteiger partial charge in [-0.2, -0.15) is 0 Å². The number of carbonyl (C=O) groups excluding carboxylic acids is 1. The number of hydrogen-bond acceptors (Lipinski definition) is 6. The largest absolute Gasteiger partial charge is 0.351 e. The summed E-state index contributed by atoms with van der Waals surface area (Å²) >= 11 is 4.72. The number of nitrogens with zero attached hydrogens (tertiary/aromatic N) is 2. The molecule has 1 heterocycles. The summed E-state index contributed by atoms with van der Waals surface area (Å²) in [5.41, 5.74) is 1.10. The fourth-order valence-corrected chi connectivity index (χ4v) is 4.35. The molecule has 1 amide bonds. The van der Waals surface area contributed by atoms with E-state index in [4.69, 9.17) is 0 Å². The lowest BCUT2D eigenvalue weighted by molar-refractivity contribution is -0.118. The minimum Gasteiger partial charge on any atom is -0.351 e. The summed E-state index contributed by atoms with van der Waals surface area (Å²) < 4.78 is 1.82. The molecule has 1 aromatic carbocycles. The van der Waals surface area contributed by atoms with E-state index in [0.717, 1.165) is 20.0 Å². The highest BCUT2D eigenvalue weighted by atomic mass is 32.2. The number of rotatable bonds is 8. The highest BCUT2D eigenvalue weighted by Gasteiger charge is 2.09. The van der Waals surface area contributed by atoms with E-state index in [2.05, 4.69) is 29.4 Å². The fraction of sp³-hybridized carbons (Fsp3) is 0.400. The van der Waals surface area contributed by atoms with E-state index >= 15 is 0 Å². The van der Waals surface area contributed by atoms with E-state index in [1.165, 1.54) is 11.8 Å². The van der Waals surface area contributed by atoms with Crippen molar-refractivity contribution in [2.24, 2.45) is 5.92 Å². The standard InChI is InChI=1S/C15H19N3OS3/c1-11(2)9-20-14-17-18-15(22-14)21-10-13(19)16-8-12-6-4-3-5-7-12/h3-7,11H,8-10H2,1-2H3,(H,16,19). The number of amides is 1. The lowest BCUT2D eigenvalue weighted by Gasteiger charge is -2.03. The van der Waals surface area contributed by atoms with Gasteiger partial charge in [-0.3, -0.25) is 4.79 Å². The third-order valence-electron chi connectivity index (χ3n) is 2.59. The maximum absolute atomic E-state index is 11.8. The van der Waals surface area contributed by atoms with Crippen molar-refractivity contribution in [3.8, 4) is 0 Å². The van der Waals surface area contributed by atoms with Gasteiger partial charge in [0, 0.05) is 12.3 Å². The van der Waals surface area contributed by atoms with Crippen LogP contribution < -0.4 is 5.32 Å². The molecule has 1 N–H and O–H groups in total. The van der Waals surface area contributed by atoms with Gasteiger partial charge in [0.25, 0.3) is 0 Å². The molecule has 0 spiro atoms. The SMILES string of the molecule is CC(C)CSc1nnc(SCC(=O)NCc2ccccc2)s1. The first-order valence-electron chi connectivity index (χ1n) is 7.03. The van der Waals surface area contributed by atoms with Crippen molar-refractivity contribution in [3.05, 3.63) is 35.9 Å². The van der Waals surface area contributed by atoms with Crippen LogP contribution in [0.1, 0.15) is 19.4 Å². The van der Waals surface area contributed by atoms with Gasteiger partial charge >= 0.3 is 0 Å². The zero-order valence-corrected chi connectivity index (χ0v) is 15.1. The lowest BCUT2D eigenvalue weighted by Crippen LogP contribution is -2.24. The average Bonchev–Trinajstić information content (AvgIpc) is 2.98. The van der Waals surface area contributed by atoms with E-state index in [9.17, 15) is 4.79 Å². The lowest BCUT2D eigenvalue weighted by atomic mass is 10.2. The van der Waals surface area contributed by atoms with Gasteiger partial charge in [0.1, 0.15) is 0 Å². The van der Waals surface area contributed by atoms with Gasteiger partial charge in [-0.25, -0.2) is 0 Å². The van der Waals surface area contributed by atoms with Crippen molar-refractivity contribution in [2.75, 3.05) is 11.5 Å². The predicted molar refractivity (Wildman–Crippen MR) is 94.5 cm³/mol. The summed E-state index contributed by atoms with van der Waals surface area (Å²) in [6.07, 6.45) is 0. The van der Waals surface area contributed by atoms with Crippen LogP contribution in [0.2, 0.25) is 0 Å². The molecular formula is C15H19N3OS3. The first-order valence-corrected chi connectivity index (χ1v) is 9.82. The van der Waals surface area contributed by atoms with Crippen molar-refractivity contribution in [2.45, 2.75) is 29.1 Å². The summed E-state index contributed by atoms with van der Waals surface area (Å²) in [6.45, 7) is 4.92. The molecule has 0 bridgehead atoms. The molecule has 7 heteroatoms. The van der Waals surface area contributed by atoms with Crippen molar-refractivity contribution in [3.63, 3.8) is 0 Å². The Hall–Kier alpha value is -1.05. The molecule has 0 aliphatic heterocycles. The number of carbonyl (C=O) groups is 1. The van der Waals surface area contributed by atoms with E-state index in [0.29, 0.717) is 18.2 Å². The van der Waals surface area contributed by atoms with Crippen LogP contribution in [0.4, 0.5) is 0 Å². The van der Waals surface area contributed by atoms with Crippen molar-refractivity contribution < 1.29 is 4.79 Å². The molecule has 118 valence electrons. The number of nitrogens with one attached hydrogen (secondary N) is 1. The summed E-state index contributed by atoms with van der Waals surface area (Å²) in [5.74, 6) is 2.06. The van der Waals surface area contributed by atoms with Crippen LogP contribution in [0.25, 0.3) is 0 Å². The van der Waals surface area contributed by atoms with Gasteiger partial charge in [-0.1, -0.05) is 79.0 Å². The first-order chi connectivity index (χ1) is 10.6. The third-order valence-corrected chi connectivity index (χ3v) is 6.20. The Morgan fingerprint density at radius 2 is 1.86 bits per heavy atom. The summed E-state index contributed by atoms with van der Waals surface area (Å²) in [4.78, 5) is 11.8. The van der Waals surface area contributed by atoms with Crippen LogP contribution in [0.3, 0.4) is 0 Å². The average molecular weight is 354 g/mol. The number of aromatic nitrogens is 2. The molecular weight excluding hydrogens is 334 g/mol. The molecule has 0 saturated heterocycles. The molecule has 2 rings (SSSR count). The second kappa shape index (κ2) is 9.17. The molecule has 0 atom stereocenters. The zero-order chi connectivity index (χ0) is 15.8. The Morgan fingerprint density at radius 3 is 2.55 bits per heavy atom. The van der Waals surface area contributed by atoms with Crippen LogP contribution in [0, 0.1) is 5.92 Å². The Kier molecular flexibility index (Phi) is 7.21. The van der Waals surface area contributed by atoms with E-state index in [1.807, 2.05) is 30.3 Å². The Morgan fingerprint density at radius 1 is 1.18 bits per heavy atom. The van der Waals surface area contributed by atoms with Crippen LogP contribution in [0.15, 0.2) is 39.0 Å². The summed E-state index contributed by atoms with van der Waals surface area (Å²) in [6, 6.07) is 9.89. The molecule has 22 heavy (non-hydrogen) atoms. The topological polar surface area (TPSA) is 54.9 Å². The van der Waals surface area contributed by atoms with Crippen LogP contribution in [0.5, 0.6) is 0 Å². The van der Waals surface area contributed by atoms with Crippen LogP contribution in [-0.4, -0.2) is 27.6 Å². The molecule has 0 aliphatic rings. The molecule has 0 fully saturated rings. The van der Waals surface area contributed by atoms with E-state index in [-0.39, 0.29) is 5.91 Å². The van der Waals surface area contributed by atoms with Crippen molar-refractivity contribution in [1.29, 1.82) is 0 Å². The Labute approximate surface area is 143 Å². The molecule has 0 unspecified atom stereocenters. The molecule has 0 aliphatic carbocycles. The highest BCUT2D eigenvalue weighted by molar-refractivity contribution is 8.03. The Bertz CT molecular complexity index is 587. The second-order valence-corrected chi connectivity index (χ2v) is 8.56. The monoisotopic (exact) mass is 353 g/mol. The third kappa shape index (κ3) is 6.37. The minimum atomic E-state index is 0.0143. The van der Waals surface area contributed by atoms with Gasteiger partial charge in [-0.05, 0) is 11.5 Å². The molecule has 0 saturated carbocycles. The normalized spacial score (nSPS) is 10.9. The van der Waals surface area contributed by atoms with Gasteiger partial charge in [0.2, 0.25) is 5.91 Å². The van der Waals surface area contributed by atoms with E-state index in [1.54, 1.807) is 23.1 Å². The van der Waals surface area contributed by atoms with Crippen molar-refractivity contribution >= 4 is 40.8 Å². The van der Waals surface area contributed by atoms with Gasteiger partial charge in [-0.15, -0.1) is 10.2 Å². The van der Waals surface area contributed by atoms with Gasteiger partial charge < -0.3 is 5.32 Å². The smallest absolute Gasteiger partial charge is 0.230 e. The molecule has 2 aromatic rings. The maximum atomic E-state index is 11.8. The Balaban J connectivity index is 1.70. The van der Waals surface area contributed by atoms with Crippen LogP contribution in [-0.2, 0) is 11.3 Å². The van der Waals surface area contributed by atoms with E-state index < -0.39 is 0 Å². The number of benzene rings is 1. The summed E-state index contributed by atoms with van der Waals surface area (Å²) in [7, 11) is 0. The number of hydrogen-bond donors (Lipinski definition) is 1. The minimum absolute atomic E-state index is 0.0143. The first kappa shape index (κ1) is 17.3. The predicted octanol–water partition coefficient (Wildman–Crippen LogP) is 3.69. The van der Waals surface area contributed by atoms with Crippen molar-refractivity contribution in [1.82, 2.24) is 15.5 Å².